The number of anilines is 4. The van der Waals surface area contributed by atoms with Crippen LogP contribution in [0.25, 0.3) is 0 Å². The third kappa shape index (κ3) is 13.0. The summed E-state index contributed by atoms with van der Waals surface area (Å²) in [4.78, 5) is 2.18. The van der Waals surface area contributed by atoms with Crippen LogP contribution in [-0.2, 0) is 19.8 Å². The van der Waals surface area contributed by atoms with Crippen LogP contribution in [0.5, 0.6) is 5.75 Å². The Bertz CT molecular complexity index is 1340. The van der Waals surface area contributed by atoms with Gasteiger partial charge in [-0.25, -0.2) is 0 Å². The van der Waals surface area contributed by atoms with Crippen molar-refractivity contribution in [3.63, 3.8) is 0 Å². The fraction of sp³-hybridized carbons (Fsp3) is 0.442. The van der Waals surface area contributed by atoms with E-state index in [4.69, 9.17) is 4.74 Å². The summed E-state index contributed by atoms with van der Waals surface area (Å²) >= 11 is 0. The van der Waals surface area contributed by atoms with Gasteiger partial charge in [0.2, 0.25) is 0 Å². The number of ether oxygens (including phenoxy) is 1. The van der Waals surface area contributed by atoms with E-state index < -0.39 is 0 Å². The molecule has 0 radical (unpaired) electrons. The summed E-state index contributed by atoms with van der Waals surface area (Å²) in [5.41, 5.74) is 7.04. The molecule has 0 aliphatic rings. The first-order valence-electron chi connectivity index (χ1n) is 18.5. The maximum absolute atomic E-state index is 9.50. The number of unbranched alkanes of at least 4 members (excludes halogenated alkanes) is 13. The number of aliphatic hydroxyl groups is 2. The molecule has 0 aliphatic heterocycles. The van der Waals surface area contributed by atoms with Crippen LogP contribution in [0, 0.1) is 0 Å². The molecule has 0 fully saturated rings. The van der Waals surface area contributed by atoms with Gasteiger partial charge in [-0.3, -0.25) is 0 Å². The molecule has 0 amide bonds. The molecule has 5 heteroatoms. The fourth-order valence-electron chi connectivity index (χ4n) is 6.07. The summed E-state index contributed by atoms with van der Waals surface area (Å²) < 4.78 is 6.01. The number of nitrogens with one attached hydrogen (secondary N) is 1. The molecule has 0 aromatic heterocycles. The smallest absolute Gasteiger partial charge is 0.119 e. The van der Waals surface area contributed by atoms with E-state index in [1.54, 1.807) is 0 Å². The highest BCUT2D eigenvalue weighted by molar-refractivity contribution is 5.76. The maximum atomic E-state index is 9.50. The molecule has 48 heavy (non-hydrogen) atoms. The van der Waals surface area contributed by atoms with Crippen molar-refractivity contribution in [2.75, 3.05) is 16.8 Å². The minimum absolute atomic E-state index is 0.0163. The largest absolute Gasteiger partial charge is 0.494 e. The van der Waals surface area contributed by atoms with Crippen LogP contribution in [0.3, 0.4) is 0 Å². The Morgan fingerprint density at radius 2 is 0.875 bits per heavy atom. The molecule has 5 nitrogen and oxygen atoms in total. The zero-order chi connectivity index (χ0) is 33.7. The highest BCUT2D eigenvalue weighted by Gasteiger charge is 2.13. The Morgan fingerprint density at radius 1 is 0.479 bits per heavy atom. The van der Waals surface area contributed by atoms with Gasteiger partial charge in [0.05, 0.1) is 19.8 Å². The van der Waals surface area contributed by atoms with Crippen LogP contribution in [0.4, 0.5) is 22.7 Å². The molecule has 4 rings (SSSR count). The molecule has 3 N–H and O–H groups in total. The van der Waals surface area contributed by atoms with Crippen LogP contribution in [0.1, 0.15) is 114 Å². The van der Waals surface area contributed by atoms with Gasteiger partial charge in [-0.2, -0.15) is 0 Å². The van der Waals surface area contributed by atoms with Crippen molar-refractivity contribution in [3.8, 4) is 5.75 Å². The zero-order valence-corrected chi connectivity index (χ0v) is 29.2. The van der Waals surface area contributed by atoms with Gasteiger partial charge in [0.15, 0.2) is 0 Å². The highest BCUT2D eigenvalue weighted by Crippen LogP contribution is 2.35. The van der Waals surface area contributed by atoms with Gasteiger partial charge < -0.3 is 25.2 Å². The van der Waals surface area contributed by atoms with Gasteiger partial charge in [0, 0.05) is 29.3 Å². The van der Waals surface area contributed by atoms with E-state index in [0.29, 0.717) is 0 Å². The molecule has 0 heterocycles. The predicted octanol–water partition coefficient (Wildman–Crippen LogP) is 11.6. The molecular weight excluding hydrogens is 592 g/mol. The SMILES string of the molecule is CCCCCCCCCCCCCCCCOc1ccc(NCc2ccc(N(c3ccc(CO)cc3)c3ccc(CO)cc3)cc2)cc1. The molecular formula is C43H58N2O3. The Labute approximate surface area is 290 Å². The molecule has 4 aromatic carbocycles. The number of nitrogens with zero attached hydrogens (tertiary/aromatic N) is 1. The van der Waals surface area contributed by atoms with Crippen molar-refractivity contribution in [1.29, 1.82) is 0 Å². The van der Waals surface area contributed by atoms with E-state index in [-0.39, 0.29) is 13.2 Å². The first kappa shape index (κ1) is 37.0. The first-order chi connectivity index (χ1) is 23.7. The van der Waals surface area contributed by atoms with E-state index in [1.165, 1.54) is 89.0 Å². The minimum Gasteiger partial charge on any atom is -0.494 e. The van der Waals surface area contributed by atoms with Crippen LogP contribution in [0.2, 0.25) is 0 Å². The van der Waals surface area contributed by atoms with Crippen molar-refractivity contribution in [2.24, 2.45) is 0 Å². The lowest BCUT2D eigenvalue weighted by Crippen LogP contribution is -2.10. The van der Waals surface area contributed by atoms with Gasteiger partial charge in [0.1, 0.15) is 5.75 Å². The summed E-state index contributed by atoms with van der Waals surface area (Å²) in [6.45, 7) is 3.82. The second-order valence-electron chi connectivity index (χ2n) is 13.0. The molecule has 0 saturated carbocycles. The molecule has 0 aliphatic carbocycles. The van der Waals surface area contributed by atoms with Gasteiger partial charge in [-0.15, -0.1) is 0 Å². The standard InChI is InChI=1S/C43H58N2O3/c1-2-3-4-5-6-7-8-9-10-11-12-13-14-15-32-48-43-30-22-39(23-31-43)44-33-36-16-24-40(25-17-36)45(41-26-18-37(34-46)19-27-41)42-28-20-38(35-47)21-29-42/h16-31,44,46-47H,2-15,32-35H2,1H3. The van der Waals surface area contributed by atoms with E-state index in [1.807, 2.05) is 48.5 Å². The predicted molar refractivity (Wildman–Crippen MR) is 203 cm³/mol. The van der Waals surface area contributed by atoms with Crippen molar-refractivity contribution in [1.82, 2.24) is 0 Å². The van der Waals surface area contributed by atoms with Crippen molar-refractivity contribution in [2.45, 2.75) is 117 Å². The van der Waals surface area contributed by atoms with Gasteiger partial charge in [-0.1, -0.05) is 127 Å². The highest BCUT2D eigenvalue weighted by atomic mass is 16.5. The third-order valence-electron chi connectivity index (χ3n) is 9.07. The summed E-state index contributed by atoms with van der Waals surface area (Å²) in [6.07, 6.45) is 19.1. The second kappa shape index (κ2) is 22.0. The van der Waals surface area contributed by atoms with Crippen LogP contribution >= 0.6 is 0 Å². The lowest BCUT2D eigenvalue weighted by atomic mass is 10.0. The van der Waals surface area contributed by atoms with Crippen LogP contribution in [0.15, 0.2) is 97.1 Å². The number of aliphatic hydroxyl groups excluding tert-OH is 2. The Hall–Kier alpha value is -3.80. The molecule has 258 valence electrons. The van der Waals surface area contributed by atoms with E-state index in [0.717, 1.165) is 59.2 Å². The summed E-state index contributed by atoms with van der Waals surface area (Å²) in [5, 5.41) is 22.5. The van der Waals surface area contributed by atoms with Crippen molar-refractivity contribution in [3.05, 3.63) is 114 Å². The Morgan fingerprint density at radius 3 is 1.29 bits per heavy atom. The monoisotopic (exact) mass is 650 g/mol. The number of hydrogen-bond donors (Lipinski definition) is 3. The van der Waals surface area contributed by atoms with Crippen LogP contribution < -0.4 is 15.0 Å². The Kier molecular flexibility index (Phi) is 16.9. The fourth-order valence-corrected chi connectivity index (χ4v) is 6.07. The molecule has 0 spiro atoms. The second-order valence-corrected chi connectivity index (χ2v) is 13.0. The van der Waals surface area contributed by atoms with Crippen LogP contribution in [-0.4, -0.2) is 16.8 Å². The van der Waals surface area contributed by atoms with Crippen molar-refractivity contribution >= 4 is 22.7 Å². The minimum atomic E-state index is 0.0163. The summed E-state index contributed by atoms with van der Waals surface area (Å²) in [6, 6.07) is 32.7. The molecule has 0 saturated heterocycles. The summed E-state index contributed by atoms with van der Waals surface area (Å²) in [7, 11) is 0. The lowest BCUT2D eigenvalue weighted by molar-refractivity contribution is 0.281. The first-order valence-corrected chi connectivity index (χ1v) is 18.5. The zero-order valence-electron chi connectivity index (χ0n) is 29.2. The van der Waals surface area contributed by atoms with E-state index in [2.05, 4.69) is 65.7 Å². The quantitative estimate of drug-likeness (QED) is 0.0659. The van der Waals surface area contributed by atoms with E-state index >= 15 is 0 Å². The number of benzene rings is 4. The maximum Gasteiger partial charge on any atom is 0.119 e. The van der Waals surface area contributed by atoms with Gasteiger partial charge >= 0.3 is 0 Å². The lowest BCUT2D eigenvalue weighted by Gasteiger charge is -2.26. The van der Waals surface area contributed by atoms with E-state index in [9.17, 15) is 10.2 Å². The topological polar surface area (TPSA) is 65.0 Å². The number of hydrogen-bond acceptors (Lipinski definition) is 5. The third-order valence-corrected chi connectivity index (χ3v) is 9.07. The Balaban J connectivity index is 1.14. The average molecular weight is 651 g/mol. The van der Waals surface area contributed by atoms with Gasteiger partial charge in [-0.05, 0) is 83.8 Å². The number of rotatable bonds is 24. The molecule has 0 atom stereocenters. The average Bonchev–Trinajstić information content (AvgIpc) is 3.14. The normalized spacial score (nSPS) is 11.1. The van der Waals surface area contributed by atoms with Crippen molar-refractivity contribution < 1.29 is 14.9 Å². The molecule has 4 aromatic rings. The molecule has 0 unspecified atom stereocenters. The van der Waals surface area contributed by atoms with Gasteiger partial charge in [0.25, 0.3) is 0 Å². The molecule has 0 bridgehead atoms. The summed E-state index contributed by atoms with van der Waals surface area (Å²) in [5.74, 6) is 0.929.